The van der Waals surface area contributed by atoms with E-state index in [0.717, 1.165) is 6.42 Å². The van der Waals surface area contributed by atoms with Crippen LogP contribution in [0, 0.1) is 7.43 Å². The smallest absolute Gasteiger partial charge is 0.675 e. The predicted molar refractivity (Wildman–Crippen MR) is 30.5 cm³/mol. The summed E-state index contributed by atoms with van der Waals surface area (Å²) >= 11 is 0. The van der Waals surface area contributed by atoms with E-state index < -0.39 is 0 Å². The molecule has 1 N–H and O–H groups in total. The van der Waals surface area contributed by atoms with Crippen molar-refractivity contribution < 1.29 is 21.1 Å². The summed E-state index contributed by atoms with van der Waals surface area (Å²) in [5.41, 5.74) is 6.83. The Bertz CT molecular complexity index is 22.0. The minimum Gasteiger partial charge on any atom is -0.675 e. The molecule has 2 heteroatoms. The molecule has 44 valence electrons. The van der Waals surface area contributed by atoms with Gasteiger partial charge in [0.15, 0.2) is 0 Å². The van der Waals surface area contributed by atoms with Crippen molar-refractivity contribution in [1.82, 2.24) is 0 Å². The van der Waals surface area contributed by atoms with E-state index in [-0.39, 0.29) is 34.5 Å². The van der Waals surface area contributed by atoms with Gasteiger partial charge in [0.2, 0.25) is 0 Å². The number of rotatable bonds is 1. The van der Waals surface area contributed by atoms with Crippen molar-refractivity contribution in [3.63, 3.8) is 0 Å². The van der Waals surface area contributed by atoms with Gasteiger partial charge in [-0.3, -0.25) is 0 Å². The number of hydrogen-bond acceptors (Lipinski definition) is 0. The van der Waals surface area contributed by atoms with Crippen molar-refractivity contribution in [3.8, 4) is 0 Å². The molecule has 0 bridgehead atoms. The molecule has 1 unspecified atom stereocenters. The van der Waals surface area contributed by atoms with Crippen LogP contribution in [0.4, 0.5) is 0 Å². The molecule has 0 aliphatic rings. The summed E-state index contributed by atoms with van der Waals surface area (Å²) in [5, 5.41) is 0. The zero-order valence-corrected chi connectivity index (χ0v) is 8.13. The van der Waals surface area contributed by atoms with Gasteiger partial charge in [-0.1, -0.05) is 20.3 Å². The van der Waals surface area contributed by atoms with E-state index in [1.165, 1.54) is 0 Å². The maximum Gasteiger partial charge on any atom is 2.00 e. The SMILES string of the molecule is CCC(C)[NH-].[CH3-].[W+2]. The third-order valence-corrected chi connectivity index (χ3v) is 0.612. The maximum atomic E-state index is 6.83. The van der Waals surface area contributed by atoms with Crippen LogP contribution >= 0.6 is 0 Å². The molecule has 0 amide bonds. The van der Waals surface area contributed by atoms with Crippen molar-refractivity contribution in [2.24, 2.45) is 0 Å². The monoisotopic (exact) mass is 271 g/mol. The molecule has 7 heavy (non-hydrogen) atoms. The first kappa shape index (κ1) is 15.6. The average Bonchev–Trinajstić information content (AvgIpc) is 1.38. The Kier molecular flexibility index (Phi) is 21.9. The Morgan fingerprint density at radius 2 is 1.71 bits per heavy atom. The number of hydrogen-bond donors (Lipinski definition) is 0. The number of nitrogens with one attached hydrogen (secondary N) is 1. The fourth-order valence-electron chi connectivity index (χ4n) is 0. The predicted octanol–water partition coefficient (Wildman–Crippen LogP) is 2.28. The van der Waals surface area contributed by atoms with Crippen LogP contribution in [0.5, 0.6) is 0 Å². The average molecular weight is 271 g/mol. The second kappa shape index (κ2) is 9.82. The van der Waals surface area contributed by atoms with Gasteiger partial charge in [-0.2, -0.15) is 0 Å². The first-order valence-corrected chi connectivity index (χ1v) is 1.98. The Hall–Kier alpha value is 0.648. The van der Waals surface area contributed by atoms with Gasteiger partial charge in [-0.15, -0.1) is 6.04 Å². The van der Waals surface area contributed by atoms with Crippen LogP contribution in [0.15, 0.2) is 0 Å². The molecule has 0 radical (unpaired) electrons. The fourth-order valence-corrected chi connectivity index (χ4v) is 0. The first-order chi connectivity index (χ1) is 2.27. The Balaban J connectivity index is -0.0000000800. The first-order valence-electron chi connectivity index (χ1n) is 1.98. The molecule has 0 aromatic carbocycles. The maximum absolute atomic E-state index is 6.83. The Morgan fingerprint density at radius 1 is 1.57 bits per heavy atom. The van der Waals surface area contributed by atoms with Gasteiger partial charge in [0, 0.05) is 0 Å². The molecule has 0 aliphatic carbocycles. The second-order valence-corrected chi connectivity index (χ2v) is 1.31. The Morgan fingerprint density at radius 3 is 1.71 bits per heavy atom. The van der Waals surface area contributed by atoms with E-state index in [2.05, 4.69) is 0 Å². The zero-order chi connectivity index (χ0) is 4.28. The molecule has 1 nitrogen and oxygen atoms in total. The second-order valence-electron chi connectivity index (χ2n) is 1.31. The summed E-state index contributed by atoms with van der Waals surface area (Å²) < 4.78 is 0. The van der Waals surface area contributed by atoms with Crippen molar-refractivity contribution in [1.29, 1.82) is 0 Å². The van der Waals surface area contributed by atoms with Gasteiger partial charge >= 0.3 is 21.1 Å². The quantitative estimate of drug-likeness (QED) is 0.653. The molecule has 0 aromatic heterocycles. The zero-order valence-electron chi connectivity index (χ0n) is 5.19. The molecule has 0 saturated carbocycles. The van der Waals surface area contributed by atoms with E-state index in [1.807, 2.05) is 13.8 Å². The third-order valence-electron chi connectivity index (χ3n) is 0.612. The van der Waals surface area contributed by atoms with Crippen LogP contribution in [-0.2, 0) is 21.1 Å². The van der Waals surface area contributed by atoms with Crippen LogP contribution in [-0.4, -0.2) is 6.04 Å². The van der Waals surface area contributed by atoms with E-state index in [4.69, 9.17) is 5.73 Å². The van der Waals surface area contributed by atoms with Crippen LogP contribution in [0.25, 0.3) is 5.73 Å². The summed E-state index contributed by atoms with van der Waals surface area (Å²) in [7, 11) is 0. The molecular weight excluding hydrogens is 258 g/mol. The minimum absolute atomic E-state index is 0. The molecule has 0 fully saturated rings. The van der Waals surface area contributed by atoms with Gasteiger partial charge in [-0.25, -0.2) is 0 Å². The summed E-state index contributed by atoms with van der Waals surface area (Å²) in [6.45, 7) is 3.90. The normalized spacial score (nSPS) is 10.7. The van der Waals surface area contributed by atoms with Gasteiger partial charge in [0.05, 0.1) is 0 Å². The van der Waals surface area contributed by atoms with E-state index in [0.29, 0.717) is 0 Å². The van der Waals surface area contributed by atoms with E-state index >= 15 is 0 Å². The molecule has 0 rings (SSSR count). The van der Waals surface area contributed by atoms with Gasteiger partial charge in [-0.05, 0) is 0 Å². The van der Waals surface area contributed by atoms with Crippen molar-refractivity contribution in [3.05, 3.63) is 13.2 Å². The largest absolute Gasteiger partial charge is 2.00 e. The molecule has 0 spiro atoms. The standard InChI is InChI=1S/C4H10N.CH3.W/c1-3-4(2)5;;/h4-5H,3H2,1-2H3;1H3;/q2*-1;+2. The summed E-state index contributed by atoms with van der Waals surface area (Å²) in [5.74, 6) is 0. The minimum atomic E-state index is 0. The van der Waals surface area contributed by atoms with Crippen LogP contribution in [0.2, 0.25) is 0 Å². The van der Waals surface area contributed by atoms with Gasteiger partial charge in [0.25, 0.3) is 0 Å². The molecular formula is C5H13NW. The molecule has 0 aromatic rings. The van der Waals surface area contributed by atoms with E-state index in [9.17, 15) is 0 Å². The van der Waals surface area contributed by atoms with Crippen molar-refractivity contribution in [2.75, 3.05) is 0 Å². The van der Waals surface area contributed by atoms with Crippen LogP contribution < -0.4 is 0 Å². The summed E-state index contributed by atoms with van der Waals surface area (Å²) in [4.78, 5) is 0. The summed E-state index contributed by atoms with van der Waals surface area (Å²) in [6.07, 6.45) is 0.972. The van der Waals surface area contributed by atoms with Gasteiger partial charge < -0.3 is 13.2 Å². The van der Waals surface area contributed by atoms with Crippen molar-refractivity contribution in [2.45, 2.75) is 26.3 Å². The Labute approximate surface area is 60.9 Å². The van der Waals surface area contributed by atoms with Crippen molar-refractivity contribution >= 4 is 0 Å². The molecule has 0 heterocycles. The fraction of sp³-hybridized carbons (Fsp3) is 0.800. The van der Waals surface area contributed by atoms with Crippen LogP contribution in [0.1, 0.15) is 20.3 Å². The van der Waals surface area contributed by atoms with E-state index in [1.54, 1.807) is 0 Å². The molecule has 0 aliphatic heterocycles. The van der Waals surface area contributed by atoms with Gasteiger partial charge in [0.1, 0.15) is 0 Å². The van der Waals surface area contributed by atoms with Crippen LogP contribution in [0.3, 0.4) is 0 Å². The molecule has 0 saturated heterocycles. The summed E-state index contributed by atoms with van der Waals surface area (Å²) in [6, 6.07) is 0.134. The third kappa shape index (κ3) is 20.5. The molecule has 1 atom stereocenters. The topological polar surface area (TPSA) is 23.8 Å².